The summed E-state index contributed by atoms with van der Waals surface area (Å²) in [6, 6.07) is -0.0461. The number of piperidine rings is 1. The summed E-state index contributed by atoms with van der Waals surface area (Å²) in [6.07, 6.45) is 3.26. The summed E-state index contributed by atoms with van der Waals surface area (Å²) in [6.45, 7) is 6.59. The van der Waals surface area contributed by atoms with Crippen LogP contribution < -0.4 is 0 Å². The Labute approximate surface area is 107 Å². The zero-order valence-corrected chi connectivity index (χ0v) is 10.8. The van der Waals surface area contributed by atoms with Crippen molar-refractivity contribution in [2.45, 2.75) is 31.8 Å². The SMILES string of the molecule is C=CCON1C(=O)N2C[C@H]1C(=NOC)C[C@H]2CC. The number of hydrogen-bond donors (Lipinski definition) is 0. The van der Waals surface area contributed by atoms with Crippen molar-refractivity contribution in [1.29, 1.82) is 0 Å². The van der Waals surface area contributed by atoms with E-state index < -0.39 is 0 Å². The van der Waals surface area contributed by atoms with Crippen LogP contribution in [0.1, 0.15) is 19.8 Å². The van der Waals surface area contributed by atoms with Gasteiger partial charge in [0.1, 0.15) is 13.2 Å². The van der Waals surface area contributed by atoms with Crippen molar-refractivity contribution >= 4 is 11.7 Å². The Morgan fingerprint density at radius 2 is 2.39 bits per heavy atom. The van der Waals surface area contributed by atoms with E-state index in [1.165, 1.54) is 12.2 Å². The first-order chi connectivity index (χ1) is 8.72. The second kappa shape index (κ2) is 5.39. The highest BCUT2D eigenvalue weighted by molar-refractivity contribution is 5.97. The lowest BCUT2D eigenvalue weighted by atomic mass is 9.97. The van der Waals surface area contributed by atoms with Gasteiger partial charge >= 0.3 is 6.03 Å². The highest BCUT2D eigenvalue weighted by Gasteiger charge is 2.48. The molecular weight excluding hydrogens is 234 g/mol. The lowest BCUT2D eigenvalue weighted by Gasteiger charge is -2.30. The minimum absolute atomic E-state index is 0.0880. The second-order valence-corrected chi connectivity index (χ2v) is 4.39. The zero-order chi connectivity index (χ0) is 13.1. The molecule has 2 bridgehead atoms. The van der Waals surface area contributed by atoms with Gasteiger partial charge in [-0.15, -0.1) is 6.58 Å². The lowest BCUT2D eigenvalue weighted by Crippen LogP contribution is -2.44. The number of hydrogen-bond acceptors (Lipinski definition) is 4. The van der Waals surface area contributed by atoms with E-state index in [4.69, 9.17) is 9.68 Å². The third-order valence-electron chi connectivity index (χ3n) is 3.37. The quantitative estimate of drug-likeness (QED) is 0.549. The molecular formula is C12H19N3O3. The highest BCUT2D eigenvalue weighted by Crippen LogP contribution is 2.30. The van der Waals surface area contributed by atoms with Gasteiger partial charge in [0.25, 0.3) is 0 Å². The van der Waals surface area contributed by atoms with Crippen LogP contribution in [-0.2, 0) is 9.68 Å². The van der Waals surface area contributed by atoms with E-state index in [9.17, 15) is 4.79 Å². The number of fused-ring (bicyclic) bond motifs is 2. The molecule has 0 aliphatic carbocycles. The summed E-state index contributed by atoms with van der Waals surface area (Å²) in [5.74, 6) is 0. The first kappa shape index (κ1) is 12.9. The standard InChI is InChI=1S/C12H19N3O3/c1-4-6-18-15-11-8-14(12(15)16)9(5-2)7-10(11)13-17-3/h4,9,11H,1,5-8H2,2-3H3/t9-,11+/m1/s1. The maximum absolute atomic E-state index is 12.2. The Morgan fingerprint density at radius 3 is 3.00 bits per heavy atom. The van der Waals surface area contributed by atoms with Crippen molar-refractivity contribution in [3.05, 3.63) is 12.7 Å². The number of rotatable bonds is 5. The lowest BCUT2D eigenvalue weighted by molar-refractivity contribution is -0.104. The van der Waals surface area contributed by atoms with Crippen LogP contribution in [0.2, 0.25) is 0 Å². The molecule has 2 saturated heterocycles. The van der Waals surface area contributed by atoms with Crippen molar-refractivity contribution in [3.63, 3.8) is 0 Å². The molecule has 0 aromatic heterocycles. The maximum Gasteiger partial charge on any atom is 0.344 e. The number of nitrogens with zero attached hydrogens (tertiary/aromatic N) is 3. The smallest absolute Gasteiger partial charge is 0.344 e. The highest BCUT2D eigenvalue weighted by atomic mass is 16.7. The molecule has 0 spiro atoms. The summed E-state index contributed by atoms with van der Waals surface area (Å²) in [5, 5.41) is 5.44. The predicted octanol–water partition coefficient (Wildman–Crippen LogP) is 1.39. The predicted molar refractivity (Wildman–Crippen MR) is 67.0 cm³/mol. The third-order valence-corrected chi connectivity index (χ3v) is 3.37. The fourth-order valence-corrected chi connectivity index (χ4v) is 2.49. The van der Waals surface area contributed by atoms with Crippen molar-refractivity contribution in [2.75, 3.05) is 20.3 Å². The van der Waals surface area contributed by atoms with Crippen LogP contribution in [0.25, 0.3) is 0 Å². The summed E-state index contributed by atoms with van der Waals surface area (Å²) in [7, 11) is 1.52. The summed E-state index contributed by atoms with van der Waals surface area (Å²) in [4.78, 5) is 24.4. The monoisotopic (exact) mass is 253 g/mol. The first-order valence-corrected chi connectivity index (χ1v) is 6.16. The molecule has 0 saturated carbocycles. The first-order valence-electron chi connectivity index (χ1n) is 6.16. The van der Waals surface area contributed by atoms with Gasteiger partial charge in [-0.1, -0.05) is 18.2 Å². The molecule has 2 heterocycles. The van der Waals surface area contributed by atoms with E-state index in [1.54, 1.807) is 6.08 Å². The topological polar surface area (TPSA) is 54.4 Å². The van der Waals surface area contributed by atoms with Crippen LogP contribution in [0, 0.1) is 0 Å². The summed E-state index contributed by atoms with van der Waals surface area (Å²) >= 11 is 0. The zero-order valence-electron chi connectivity index (χ0n) is 10.8. The molecule has 6 heteroatoms. The van der Waals surface area contributed by atoms with Gasteiger partial charge in [0.15, 0.2) is 0 Å². The Morgan fingerprint density at radius 1 is 1.61 bits per heavy atom. The number of hydroxylamine groups is 2. The van der Waals surface area contributed by atoms with Gasteiger partial charge in [0.2, 0.25) is 0 Å². The van der Waals surface area contributed by atoms with E-state index >= 15 is 0 Å². The molecule has 6 nitrogen and oxygen atoms in total. The molecule has 0 aromatic carbocycles. The summed E-state index contributed by atoms with van der Waals surface area (Å²) < 4.78 is 0. The van der Waals surface area contributed by atoms with Crippen molar-refractivity contribution in [1.82, 2.24) is 9.96 Å². The molecule has 100 valence electrons. The molecule has 0 aromatic rings. The minimum atomic E-state index is -0.139. The van der Waals surface area contributed by atoms with E-state index in [0.29, 0.717) is 13.2 Å². The van der Waals surface area contributed by atoms with Gasteiger partial charge in [-0.3, -0.25) is 4.84 Å². The van der Waals surface area contributed by atoms with Crippen LogP contribution in [0.15, 0.2) is 17.8 Å². The molecule has 2 rings (SSSR count). The Bertz CT molecular complexity index is 370. The van der Waals surface area contributed by atoms with Gasteiger partial charge in [0.05, 0.1) is 18.9 Å². The molecule has 0 N–H and O–H groups in total. The molecule has 2 aliphatic heterocycles. The van der Waals surface area contributed by atoms with Gasteiger partial charge in [0, 0.05) is 12.5 Å². The molecule has 18 heavy (non-hydrogen) atoms. The van der Waals surface area contributed by atoms with Crippen LogP contribution in [0.5, 0.6) is 0 Å². The molecule has 2 aliphatic rings. The number of amides is 2. The van der Waals surface area contributed by atoms with Crippen molar-refractivity contribution in [3.8, 4) is 0 Å². The molecule has 2 amide bonds. The number of carbonyl (C=O) groups is 1. The van der Waals surface area contributed by atoms with E-state index in [1.807, 2.05) is 4.90 Å². The van der Waals surface area contributed by atoms with Gasteiger partial charge in [-0.2, -0.15) is 5.06 Å². The fraction of sp³-hybridized carbons (Fsp3) is 0.667. The summed E-state index contributed by atoms with van der Waals surface area (Å²) in [5.41, 5.74) is 0.871. The Balaban J connectivity index is 2.22. The molecule has 0 unspecified atom stereocenters. The fourth-order valence-electron chi connectivity index (χ4n) is 2.49. The number of oxime groups is 1. The van der Waals surface area contributed by atoms with Gasteiger partial charge in [-0.05, 0) is 6.42 Å². The normalized spacial score (nSPS) is 29.0. The van der Waals surface area contributed by atoms with E-state index in [-0.39, 0.29) is 18.1 Å². The van der Waals surface area contributed by atoms with Crippen LogP contribution in [0.4, 0.5) is 4.79 Å². The van der Waals surface area contributed by atoms with Gasteiger partial charge < -0.3 is 9.74 Å². The third kappa shape index (κ3) is 2.08. The van der Waals surface area contributed by atoms with Crippen molar-refractivity contribution in [2.24, 2.45) is 5.16 Å². The molecule has 2 atom stereocenters. The Hall–Kier alpha value is -1.56. The van der Waals surface area contributed by atoms with E-state index in [2.05, 4.69) is 18.7 Å². The van der Waals surface area contributed by atoms with Gasteiger partial charge in [-0.25, -0.2) is 4.79 Å². The second-order valence-electron chi connectivity index (χ2n) is 4.39. The van der Waals surface area contributed by atoms with Crippen LogP contribution in [-0.4, -0.2) is 54.1 Å². The maximum atomic E-state index is 12.2. The average molecular weight is 253 g/mol. The largest absolute Gasteiger partial charge is 0.399 e. The number of urea groups is 1. The van der Waals surface area contributed by atoms with Crippen LogP contribution >= 0.6 is 0 Å². The molecule has 0 radical (unpaired) electrons. The number of carbonyl (C=O) groups excluding carboxylic acids is 1. The Kier molecular flexibility index (Phi) is 3.86. The minimum Gasteiger partial charge on any atom is -0.399 e. The van der Waals surface area contributed by atoms with Crippen LogP contribution in [0.3, 0.4) is 0 Å². The van der Waals surface area contributed by atoms with E-state index in [0.717, 1.165) is 18.6 Å². The average Bonchev–Trinajstić information content (AvgIpc) is 2.65. The molecule has 2 fully saturated rings. The van der Waals surface area contributed by atoms with Crippen molar-refractivity contribution < 1.29 is 14.5 Å².